The number of aryl methyl sites for hydroxylation is 1. The molecule has 1 heterocycles. The van der Waals surface area contributed by atoms with E-state index in [2.05, 4.69) is 4.98 Å². The Morgan fingerprint density at radius 2 is 2.06 bits per heavy atom. The summed E-state index contributed by atoms with van der Waals surface area (Å²) in [5.41, 5.74) is 0.740. The summed E-state index contributed by atoms with van der Waals surface area (Å²) in [4.78, 5) is 16.3. The number of oxazole rings is 1. The van der Waals surface area contributed by atoms with Crippen molar-refractivity contribution >= 4 is 5.97 Å². The maximum atomic E-state index is 11.8. The van der Waals surface area contributed by atoms with Crippen LogP contribution in [-0.4, -0.2) is 17.6 Å². The summed E-state index contributed by atoms with van der Waals surface area (Å²) in [7, 11) is 0. The molecule has 4 nitrogen and oxygen atoms in total. The minimum atomic E-state index is -0.378. The number of aromatic nitrogens is 1. The SMILES string of the molecule is CCOC(=O)c1oc(C2CC3CC3C2)nc1CC. The minimum absolute atomic E-state index is 0.315. The largest absolute Gasteiger partial charge is 0.460 e. The van der Waals surface area contributed by atoms with Gasteiger partial charge in [0.25, 0.3) is 0 Å². The van der Waals surface area contributed by atoms with E-state index >= 15 is 0 Å². The molecule has 0 aliphatic heterocycles. The molecule has 0 spiro atoms. The van der Waals surface area contributed by atoms with Crippen LogP contribution in [0.3, 0.4) is 0 Å². The second-order valence-corrected chi connectivity index (χ2v) is 5.33. The molecule has 3 rings (SSSR count). The molecule has 1 aromatic rings. The third-order valence-electron chi connectivity index (χ3n) is 4.10. The molecule has 98 valence electrons. The van der Waals surface area contributed by atoms with Crippen LogP contribution in [0.2, 0.25) is 0 Å². The summed E-state index contributed by atoms with van der Waals surface area (Å²) in [5.74, 6) is 2.88. The molecule has 2 aliphatic rings. The molecule has 4 heteroatoms. The Bertz CT molecular complexity index is 456. The van der Waals surface area contributed by atoms with Gasteiger partial charge in [0.05, 0.1) is 12.3 Å². The van der Waals surface area contributed by atoms with Crippen LogP contribution in [0.15, 0.2) is 4.42 Å². The van der Waals surface area contributed by atoms with Crippen molar-refractivity contribution in [3.8, 4) is 0 Å². The van der Waals surface area contributed by atoms with Crippen molar-refractivity contribution in [3.63, 3.8) is 0 Å². The lowest BCUT2D eigenvalue weighted by atomic mass is 10.0. The first-order valence-electron chi connectivity index (χ1n) is 6.89. The predicted molar refractivity (Wildman–Crippen MR) is 65.4 cm³/mol. The van der Waals surface area contributed by atoms with E-state index in [1.807, 2.05) is 6.92 Å². The van der Waals surface area contributed by atoms with Gasteiger partial charge in [-0.15, -0.1) is 0 Å². The van der Waals surface area contributed by atoms with Crippen LogP contribution in [0.4, 0.5) is 0 Å². The summed E-state index contributed by atoms with van der Waals surface area (Å²) in [6.45, 7) is 4.15. The van der Waals surface area contributed by atoms with Gasteiger partial charge in [-0.05, 0) is 44.4 Å². The molecule has 2 fully saturated rings. The summed E-state index contributed by atoms with van der Waals surface area (Å²) < 4.78 is 10.7. The van der Waals surface area contributed by atoms with Gasteiger partial charge in [-0.2, -0.15) is 0 Å². The van der Waals surface area contributed by atoms with Gasteiger partial charge in [-0.1, -0.05) is 6.92 Å². The molecule has 2 aliphatic carbocycles. The Morgan fingerprint density at radius 1 is 1.33 bits per heavy atom. The minimum Gasteiger partial charge on any atom is -0.460 e. The third kappa shape index (κ3) is 1.93. The van der Waals surface area contributed by atoms with Crippen LogP contribution in [0.1, 0.15) is 61.2 Å². The van der Waals surface area contributed by atoms with Crippen molar-refractivity contribution in [2.75, 3.05) is 6.61 Å². The molecule has 18 heavy (non-hydrogen) atoms. The number of fused-ring (bicyclic) bond motifs is 1. The Labute approximate surface area is 107 Å². The maximum Gasteiger partial charge on any atom is 0.376 e. The van der Waals surface area contributed by atoms with Crippen LogP contribution in [0.5, 0.6) is 0 Å². The fourth-order valence-electron chi connectivity index (χ4n) is 3.06. The van der Waals surface area contributed by atoms with Gasteiger partial charge >= 0.3 is 5.97 Å². The summed E-state index contributed by atoms with van der Waals surface area (Å²) >= 11 is 0. The van der Waals surface area contributed by atoms with Crippen molar-refractivity contribution in [1.82, 2.24) is 4.98 Å². The van der Waals surface area contributed by atoms with Crippen molar-refractivity contribution in [2.45, 2.75) is 45.4 Å². The fourth-order valence-corrected chi connectivity index (χ4v) is 3.06. The Balaban J connectivity index is 1.81. The molecule has 0 aromatic carbocycles. The molecule has 2 saturated carbocycles. The lowest BCUT2D eigenvalue weighted by Gasteiger charge is -2.05. The normalized spacial score (nSPS) is 29.1. The summed E-state index contributed by atoms with van der Waals surface area (Å²) in [6, 6.07) is 0. The number of rotatable bonds is 4. The Hall–Kier alpha value is -1.32. The average molecular weight is 249 g/mol. The van der Waals surface area contributed by atoms with E-state index in [0.717, 1.165) is 23.4 Å². The molecule has 2 unspecified atom stereocenters. The Morgan fingerprint density at radius 3 is 2.67 bits per heavy atom. The second-order valence-electron chi connectivity index (χ2n) is 5.33. The number of hydrogen-bond acceptors (Lipinski definition) is 4. The van der Waals surface area contributed by atoms with Gasteiger partial charge in [0.1, 0.15) is 0 Å². The zero-order valence-corrected chi connectivity index (χ0v) is 10.9. The van der Waals surface area contributed by atoms with Crippen molar-refractivity contribution in [2.24, 2.45) is 11.8 Å². The highest BCUT2D eigenvalue weighted by Crippen LogP contribution is 2.57. The highest BCUT2D eigenvalue weighted by Gasteiger charge is 2.47. The number of carbonyl (C=O) groups excluding carboxylic acids is 1. The smallest absolute Gasteiger partial charge is 0.376 e. The number of nitrogens with zero attached hydrogens (tertiary/aromatic N) is 1. The highest BCUT2D eigenvalue weighted by molar-refractivity contribution is 5.87. The fraction of sp³-hybridized carbons (Fsp3) is 0.714. The molecule has 0 N–H and O–H groups in total. The van der Waals surface area contributed by atoms with Crippen LogP contribution in [-0.2, 0) is 11.2 Å². The molecular weight excluding hydrogens is 230 g/mol. The standard InChI is InChI=1S/C14H19NO3/c1-3-11-12(14(16)17-4-2)18-13(15-11)10-6-8-5-9(8)7-10/h8-10H,3-7H2,1-2H3. The first-order valence-corrected chi connectivity index (χ1v) is 6.89. The van der Waals surface area contributed by atoms with E-state index in [-0.39, 0.29) is 5.97 Å². The number of hydrogen-bond donors (Lipinski definition) is 0. The van der Waals surface area contributed by atoms with Gasteiger partial charge in [0.15, 0.2) is 5.89 Å². The second kappa shape index (κ2) is 4.41. The molecular formula is C14H19NO3. The van der Waals surface area contributed by atoms with E-state index in [1.165, 1.54) is 19.3 Å². The summed E-state index contributed by atoms with van der Waals surface area (Å²) in [5, 5.41) is 0. The zero-order chi connectivity index (χ0) is 12.7. The van der Waals surface area contributed by atoms with Crippen molar-refractivity contribution in [3.05, 3.63) is 17.3 Å². The quantitative estimate of drug-likeness (QED) is 0.770. The molecule has 0 saturated heterocycles. The third-order valence-corrected chi connectivity index (χ3v) is 4.10. The first kappa shape index (κ1) is 11.8. The van der Waals surface area contributed by atoms with E-state index in [4.69, 9.17) is 9.15 Å². The van der Waals surface area contributed by atoms with Crippen LogP contribution in [0.25, 0.3) is 0 Å². The highest BCUT2D eigenvalue weighted by atomic mass is 16.5. The van der Waals surface area contributed by atoms with Crippen LogP contribution in [0, 0.1) is 11.8 Å². The molecule has 2 atom stereocenters. The van der Waals surface area contributed by atoms with Crippen LogP contribution < -0.4 is 0 Å². The van der Waals surface area contributed by atoms with E-state index < -0.39 is 0 Å². The zero-order valence-electron chi connectivity index (χ0n) is 10.9. The van der Waals surface area contributed by atoms with E-state index in [1.54, 1.807) is 6.92 Å². The van der Waals surface area contributed by atoms with E-state index in [9.17, 15) is 4.79 Å². The van der Waals surface area contributed by atoms with Gasteiger partial charge in [0, 0.05) is 5.92 Å². The number of ether oxygens (including phenoxy) is 1. The van der Waals surface area contributed by atoms with Gasteiger partial charge < -0.3 is 9.15 Å². The maximum absolute atomic E-state index is 11.8. The topological polar surface area (TPSA) is 52.3 Å². The average Bonchev–Trinajstić information content (AvgIpc) is 2.81. The van der Waals surface area contributed by atoms with Crippen molar-refractivity contribution in [1.29, 1.82) is 0 Å². The molecule has 0 bridgehead atoms. The summed E-state index contributed by atoms with van der Waals surface area (Å²) in [6.07, 6.45) is 4.44. The van der Waals surface area contributed by atoms with E-state index in [0.29, 0.717) is 24.7 Å². The molecule has 0 amide bonds. The number of esters is 1. The Kier molecular flexibility index (Phi) is 2.88. The first-order chi connectivity index (χ1) is 8.72. The number of carbonyl (C=O) groups is 1. The molecule has 1 aromatic heterocycles. The molecule has 0 radical (unpaired) electrons. The van der Waals surface area contributed by atoms with Crippen LogP contribution >= 0.6 is 0 Å². The monoisotopic (exact) mass is 249 g/mol. The predicted octanol–water partition coefficient (Wildman–Crippen LogP) is 2.93. The lowest BCUT2D eigenvalue weighted by molar-refractivity contribution is 0.0485. The van der Waals surface area contributed by atoms with Gasteiger partial charge in [0.2, 0.25) is 5.76 Å². The van der Waals surface area contributed by atoms with Gasteiger partial charge in [-0.25, -0.2) is 9.78 Å². The van der Waals surface area contributed by atoms with Crippen molar-refractivity contribution < 1.29 is 13.9 Å². The lowest BCUT2D eigenvalue weighted by Crippen LogP contribution is -2.05. The van der Waals surface area contributed by atoms with Gasteiger partial charge in [-0.3, -0.25) is 0 Å².